The van der Waals surface area contributed by atoms with E-state index in [9.17, 15) is 33.2 Å². The topological polar surface area (TPSA) is 214 Å². The molecule has 6 N–H and O–H groups in total. The van der Waals surface area contributed by atoms with E-state index in [0.29, 0.717) is 17.5 Å². The molecule has 0 atom stereocenters. The van der Waals surface area contributed by atoms with Gasteiger partial charge in [0.1, 0.15) is 5.84 Å². The van der Waals surface area contributed by atoms with Crippen molar-refractivity contribution in [2.75, 3.05) is 11.6 Å². The number of nitrogens with two attached hydrogens (primary N) is 1. The summed E-state index contributed by atoms with van der Waals surface area (Å²) in [6.07, 6.45) is 0.715. The molecular weight excluding hydrogens is 480 g/mol. The molecule has 0 saturated heterocycles. The molecule has 0 aliphatic rings. The number of nitrogen functional groups attached to an aromatic ring is 1. The predicted octanol–water partition coefficient (Wildman–Crippen LogP) is 3.00. The van der Waals surface area contributed by atoms with Gasteiger partial charge in [0.2, 0.25) is 0 Å². The molecule has 3 aromatic carbocycles. The highest BCUT2D eigenvalue weighted by Crippen LogP contribution is 2.31. The van der Waals surface area contributed by atoms with Crippen molar-refractivity contribution in [1.82, 2.24) is 0 Å². The maximum atomic E-state index is 12.9. The van der Waals surface area contributed by atoms with Crippen LogP contribution in [0.25, 0.3) is 11.1 Å². The third kappa shape index (κ3) is 7.73. The zero-order valence-corrected chi connectivity index (χ0v) is 18.9. The summed E-state index contributed by atoms with van der Waals surface area (Å²) in [7, 11) is -3.67. The van der Waals surface area contributed by atoms with E-state index < -0.39 is 26.9 Å². The number of rotatable bonds is 6. The molecule has 3 aromatic rings. The van der Waals surface area contributed by atoms with Crippen LogP contribution in [0.3, 0.4) is 0 Å². The molecule has 0 bridgehead atoms. The van der Waals surface area contributed by atoms with Gasteiger partial charge in [-0.05, 0) is 47.5 Å². The average molecular weight is 500 g/mol. The van der Waals surface area contributed by atoms with E-state index in [1.54, 1.807) is 24.3 Å². The molecule has 0 spiro atoms. The Hall–Kier alpha value is -4.62. The summed E-state index contributed by atoms with van der Waals surface area (Å²) in [6.45, 7) is 0. The lowest BCUT2D eigenvalue weighted by atomic mass is 9.94. The minimum absolute atomic E-state index is 0.0359. The Bertz CT molecular complexity index is 1400. The number of carboxylic acid groups (broad SMARTS) is 1. The number of nitrogens with zero attached hydrogens (tertiary/aromatic N) is 1. The quantitative estimate of drug-likeness (QED) is 0.110. The Morgan fingerprint density at radius 1 is 1.00 bits per heavy atom. The fourth-order valence-corrected chi connectivity index (χ4v) is 2.90. The number of carboxylic acids is 1. The smallest absolute Gasteiger partial charge is 0.336 e. The number of anilines is 1. The second kappa shape index (κ2) is 11.0. The van der Waals surface area contributed by atoms with Gasteiger partial charge in [-0.15, -0.1) is 0 Å². The van der Waals surface area contributed by atoms with Crippen LogP contribution in [0, 0.1) is 15.5 Å². The van der Waals surface area contributed by atoms with Gasteiger partial charge in [-0.25, -0.2) is 4.79 Å². The molecule has 0 radical (unpaired) electrons. The fourth-order valence-electron chi connectivity index (χ4n) is 2.90. The number of nitrogens with one attached hydrogen (secondary N) is 2. The van der Waals surface area contributed by atoms with Crippen molar-refractivity contribution in [2.45, 2.75) is 0 Å². The van der Waals surface area contributed by atoms with Gasteiger partial charge < -0.3 is 16.2 Å². The zero-order chi connectivity index (χ0) is 26.3. The van der Waals surface area contributed by atoms with E-state index in [1.807, 2.05) is 0 Å². The van der Waals surface area contributed by atoms with Gasteiger partial charge in [0, 0.05) is 23.4 Å². The average Bonchev–Trinajstić information content (AvgIpc) is 2.77. The Balaban J connectivity index is 0.000000784. The first kappa shape index (κ1) is 26.6. The number of benzene rings is 3. The molecule has 0 aromatic heterocycles. The number of hydrogen-bond acceptors (Lipinski definition) is 7. The summed E-state index contributed by atoms with van der Waals surface area (Å²) in [5, 5.41) is 30.7. The van der Waals surface area contributed by atoms with Crippen molar-refractivity contribution < 1.29 is 32.6 Å². The van der Waals surface area contributed by atoms with Crippen molar-refractivity contribution in [2.24, 2.45) is 5.73 Å². The Kier molecular flexibility index (Phi) is 8.37. The van der Waals surface area contributed by atoms with Crippen LogP contribution in [0.15, 0.2) is 66.7 Å². The van der Waals surface area contributed by atoms with Crippen LogP contribution in [0.5, 0.6) is 0 Å². The van der Waals surface area contributed by atoms with Crippen LogP contribution >= 0.6 is 0 Å². The minimum atomic E-state index is -3.67. The van der Waals surface area contributed by atoms with Gasteiger partial charge in [-0.3, -0.25) is 24.9 Å². The minimum Gasteiger partial charge on any atom is -0.478 e. The van der Waals surface area contributed by atoms with Gasteiger partial charge in [-0.1, -0.05) is 18.2 Å². The van der Waals surface area contributed by atoms with Gasteiger partial charge in [0.05, 0.1) is 22.3 Å². The summed E-state index contributed by atoms with van der Waals surface area (Å²) in [4.78, 5) is 35.1. The number of carbonyl (C=O) groups excluding carboxylic acids is 1. The van der Waals surface area contributed by atoms with Crippen LogP contribution in [0.2, 0.25) is 0 Å². The van der Waals surface area contributed by atoms with Crippen molar-refractivity contribution in [3.8, 4) is 11.1 Å². The molecule has 12 nitrogen and oxygen atoms in total. The van der Waals surface area contributed by atoms with E-state index in [2.05, 4.69) is 5.32 Å². The lowest BCUT2D eigenvalue weighted by molar-refractivity contribution is -0.384. The van der Waals surface area contributed by atoms with Crippen LogP contribution in [-0.2, 0) is 10.1 Å². The summed E-state index contributed by atoms with van der Waals surface area (Å²) in [5.74, 6) is -1.96. The summed E-state index contributed by atoms with van der Waals surface area (Å²) in [5.41, 5.74) is 6.39. The molecule has 0 fully saturated rings. The fraction of sp³-hybridized carbons (Fsp3) is 0.0455. The number of hydrogen-bond donors (Lipinski definition) is 5. The first-order valence-corrected chi connectivity index (χ1v) is 11.4. The van der Waals surface area contributed by atoms with Gasteiger partial charge in [0.15, 0.2) is 0 Å². The SMILES string of the molecule is CS(=O)(=O)O.N=C(N)c1ccc(NC(=O)c2cc([N+](=O)[O-])ccc2-c2ccccc2C(=O)O)cc1. The number of non-ortho nitro benzene ring substituents is 1. The highest BCUT2D eigenvalue weighted by atomic mass is 32.2. The normalized spacial score (nSPS) is 10.5. The molecule has 13 heteroatoms. The number of carbonyl (C=O) groups is 2. The van der Waals surface area contributed by atoms with E-state index in [-0.39, 0.29) is 33.8 Å². The van der Waals surface area contributed by atoms with Gasteiger partial charge in [-0.2, -0.15) is 8.42 Å². The molecule has 35 heavy (non-hydrogen) atoms. The maximum Gasteiger partial charge on any atom is 0.336 e. The summed E-state index contributed by atoms with van der Waals surface area (Å²) >= 11 is 0. The second-order valence-corrected chi connectivity index (χ2v) is 8.48. The predicted molar refractivity (Wildman–Crippen MR) is 128 cm³/mol. The molecular formula is C22H20N4O8S. The molecule has 3 rings (SSSR count). The van der Waals surface area contributed by atoms with E-state index in [4.69, 9.17) is 15.7 Å². The van der Waals surface area contributed by atoms with E-state index in [0.717, 1.165) is 6.07 Å². The lowest BCUT2D eigenvalue weighted by Gasteiger charge is -2.13. The Morgan fingerprint density at radius 3 is 2.06 bits per heavy atom. The number of amidine groups is 1. The highest BCUT2D eigenvalue weighted by molar-refractivity contribution is 7.85. The first-order valence-electron chi connectivity index (χ1n) is 9.57. The Morgan fingerprint density at radius 2 is 1.54 bits per heavy atom. The highest BCUT2D eigenvalue weighted by Gasteiger charge is 2.21. The van der Waals surface area contributed by atoms with Crippen molar-refractivity contribution >= 4 is 39.2 Å². The number of nitro benzene ring substituents is 1. The monoisotopic (exact) mass is 500 g/mol. The standard InChI is InChI=1S/C21H16N4O5.CH4O3S/c22-19(23)12-5-7-13(8-6-12)24-20(26)18-11-14(25(29)30)9-10-16(18)15-3-1-2-4-17(15)21(27)28;1-5(2,3)4/h1-11H,(H3,22,23)(H,24,26)(H,27,28);1H3,(H,2,3,4). The van der Waals surface area contributed by atoms with E-state index in [1.165, 1.54) is 36.4 Å². The molecule has 0 saturated carbocycles. The van der Waals surface area contributed by atoms with Gasteiger partial charge >= 0.3 is 5.97 Å². The number of nitro groups is 1. The third-order valence-electron chi connectivity index (χ3n) is 4.36. The summed E-state index contributed by atoms with van der Waals surface area (Å²) in [6, 6.07) is 15.9. The molecule has 0 unspecified atom stereocenters. The van der Waals surface area contributed by atoms with Crippen molar-refractivity contribution in [3.63, 3.8) is 0 Å². The number of amides is 1. The lowest BCUT2D eigenvalue weighted by Crippen LogP contribution is -2.15. The number of aromatic carboxylic acids is 1. The zero-order valence-electron chi connectivity index (χ0n) is 18.1. The van der Waals surface area contributed by atoms with Gasteiger partial charge in [0.25, 0.3) is 21.7 Å². The van der Waals surface area contributed by atoms with Crippen molar-refractivity contribution in [3.05, 3.63) is 93.5 Å². The molecule has 1 amide bonds. The van der Waals surface area contributed by atoms with Crippen LogP contribution in [0.4, 0.5) is 11.4 Å². The summed E-state index contributed by atoms with van der Waals surface area (Å²) < 4.78 is 25.9. The first-order chi connectivity index (χ1) is 16.3. The van der Waals surface area contributed by atoms with Crippen LogP contribution in [-0.4, -0.2) is 47.0 Å². The maximum absolute atomic E-state index is 12.9. The third-order valence-corrected chi connectivity index (χ3v) is 4.36. The van der Waals surface area contributed by atoms with Crippen molar-refractivity contribution in [1.29, 1.82) is 5.41 Å². The molecule has 0 aliphatic heterocycles. The molecule has 0 heterocycles. The molecule has 182 valence electrons. The second-order valence-electron chi connectivity index (χ2n) is 7.02. The Labute approximate surface area is 199 Å². The van der Waals surface area contributed by atoms with Crippen LogP contribution in [0.1, 0.15) is 26.3 Å². The van der Waals surface area contributed by atoms with E-state index >= 15 is 0 Å². The molecule has 0 aliphatic carbocycles. The largest absolute Gasteiger partial charge is 0.478 e. The van der Waals surface area contributed by atoms with Crippen LogP contribution < -0.4 is 11.1 Å².